The summed E-state index contributed by atoms with van der Waals surface area (Å²) in [4.78, 5) is 0. The van der Waals surface area contributed by atoms with Crippen LogP contribution in [0.5, 0.6) is 5.75 Å². The van der Waals surface area contributed by atoms with Gasteiger partial charge in [-0.05, 0) is 44.0 Å². The van der Waals surface area contributed by atoms with Crippen molar-refractivity contribution in [1.82, 2.24) is 0 Å². The summed E-state index contributed by atoms with van der Waals surface area (Å²) in [5.41, 5.74) is 0. The molecule has 11 heavy (non-hydrogen) atoms. The summed E-state index contributed by atoms with van der Waals surface area (Å²) in [5.74, 6) is 0.225. The Bertz CT molecular complexity index is 241. The summed E-state index contributed by atoms with van der Waals surface area (Å²) in [6.45, 7) is 0. The van der Waals surface area contributed by atoms with Crippen LogP contribution in [0.4, 0.5) is 0 Å². The van der Waals surface area contributed by atoms with E-state index in [1.165, 1.54) is 0 Å². The van der Waals surface area contributed by atoms with Crippen molar-refractivity contribution < 1.29 is 27.5 Å². The molecule has 0 aliphatic heterocycles. The van der Waals surface area contributed by atoms with Crippen LogP contribution in [0.15, 0.2) is 25.6 Å². The van der Waals surface area contributed by atoms with Gasteiger partial charge in [-0.2, -0.15) is 0 Å². The third kappa shape index (κ3) is 3.20. The van der Waals surface area contributed by atoms with Crippen LogP contribution in [0.25, 0.3) is 0 Å². The summed E-state index contributed by atoms with van der Waals surface area (Å²) in [6.07, 6.45) is 0. The Morgan fingerprint density at radius 2 is 1.36 bits per heavy atom. The summed E-state index contributed by atoms with van der Waals surface area (Å²) in [6, 6.07) is 3.56. The molecule has 1 aromatic rings. The molecule has 0 aliphatic carbocycles. The molecule has 1 nitrogen and oxygen atoms in total. The predicted molar refractivity (Wildman–Crippen MR) is 51.2 cm³/mol. The second kappa shape index (κ2) is 5.04. The molecule has 0 fully saturated rings. The van der Waals surface area contributed by atoms with Crippen molar-refractivity contribution in [3.05, 3.63) is 25.6 Å². The van der Waals surface area contributed by atoms with Crippen LogP contribution in [0.1, 0.15) is 0 Å². The van der Waals surface area contributed by atoms with Crippen LogP contribution in [0.3, 0.4) is 0 Å². The van der Waals surface area contributed by atoms with E-state index in [1.807, 2.05) is 0 Å². The van der Waals surface area contributed by atoms with Gasteiger partial charge in [0.05, 0.1) is 8.95 Å². The smallest absolute Gasteiger partial charge is 0.144 e. The van der Waals surface area contributed by atoms with Crippen molar-refractivity contribution in [3.8, 4) is 5.75 Å². The van der Waals surface area contributed by atoms with E-state index in [1.54, 1.807) is 12.1 Å². The van der Waals surface area contributed by atoms with Crippen LogP contribution in [-0.2, 0) is 22.4 Å². The molecule has 0 amide bonds. The van der Waals surface area contributed by atoms with E-state index < -0.39 is 0 Å². The molecule has 65 valence electrons. The molecule has 5 heteroatoms. The number of phenols is 1. The van der Waals surface area contributed by atoms with E-state index in [0.29, 0.717) is 8.95 Å². The first-order valence-corrected chi connectivity index (χ1v) is 4.82. The van der Waals surface area contributed by atoms with Crippen molar-refractivity contribution in [3.63, 3.8) is 0 Å². The summed E-state index contributed by atoms with van der Waals surface area (Å²) < 4.78 is 2.27. The second-order valence-corrected chi connectivity index (χ2v) is 4.34. The fourth-order valence-corrected chi connectivity index (χ4v) is 2.79. The second-order valence-electron chi connectivity index (χ2n) is 1.72. The van der Waals surface area contributed by atoms with Gasteiger partial charge in [0.1, 0.15) is 5.75 Å². The van der Waals surface area contributed by atoms with E-state index >= 15 is 0 Å². The molecular formula is C6H3AgBr3O. The number of halogens is 3. The maximum absolute atomic E-state index is 9.22. The minimum absolute atomic E-state index is 0. The van der Waals surface area contributed by atoms with Crippen LogP contribution in [0.2, 0.25) is 0 Å². The Morgan fingerprint density at radius 1 is 1.00 bits per heavy atom. The standard InChI is InChI=1S/C6H3Br3O.Ag/c7-3-1-4(8)6(10)5(9)2-3;/h1-2,10H;. The van der Waals surface area contributed by atoms with E-state index in [0.717, 1.165) is 4.47 Å². The molecule has 1 rings (SSSR count). The van der Waals surface area contributed by atoms with E-state index in [-0.39, 0.29) is 28.1 Å². The largest absolute Gasteiger partial charge is 0.506 e. The Kier molecular flexibility index (Phi) is 5.59. The van der Waals surface area contributed by atoms with Crippen molar-refractivity contribution in [2.24, 2.45) is 0 Å². The number of benzene rings is 1. The maximum atomic E-state index is 9.22. The van der Waals surface area contributed by atoms with Gasteiger partial charge < -0.3 is 5.11 Å². The molecule has 0 aromatic heterocycles. The molecule has 1 N–H and O–H groups in total. The van der Waals surface area contributed by atoms with Gasteiger partial charge >= 0.3 is 0 Å². The van der Waals surface area contributed by atoms with Crippen molar-refractivity contribution in [1.29, 1.82) is 0 Å². The molecule has 0 bridgehead atoms. The van der Waals surface area contributed by atoms with E-state index in [9.17, 15) is 5.11 Å². The van der Waals surface area contributed by atoms with E-state index in [4.69, 9.17) is 0 Å². The zero-order valence-corrected chi connectivity index (χ0v) is 11.3. The maximum Gasteiger partial charge on any atom is 0.144 e. The predicted octanol–water partition coefficient (Wildman–Crippen LogP) is 3.68. The number of phenolic OH excluding ortho intramolecular Hbond substituents is 1. The van der Waals surface area contributed by atoms with Crippen LogP contribution < -0.4 is 0 Å². The topological polar surface area (TPSA) is 20.2 Å². The monoisotopic (exact) mass is 435 g/mol. The molecule has 0 spiro atoms. The molecule has 0 saturated heterocycles. The zero-order chi connectivity index (χ0) is 7.72. The Hall–Kier alpha value is 1.20. The van der Waals surface area contributed by atoms with Gasteiger partial charge in [-0.3, -0.25) is 0 Å². The Balaban J connectivity index is 0.000001000. The van der Waals surface area contributed by atoms with Crippen molar-refractivity contribution in [2.45, 2.75) is 0 Å². The summed E-state index contributed by atoms with van der Waals surface area (Å²) >= 11 is 9.65. The van der Waals surface area contributed by atoms with Gasteiger partial charge in [0.15, 0.2) is 0 Å². The first-order chi connectivity index (χ1) is 4.61. The summed E-state index contributed by atoms with van der Waals surface area (Å²) in [7, 11) is 0. The van der Waals surface area contributed by atoms with Gasteiger partial charge in [-0.15, -0.1) is 0 Å². The minimum atomic E-state index is 0. The SMILES string of the molecule is Oc1c(Br)cc(Br)cc1Br.[Ag]. The van der Waals surface area contributed by atoms with Gasteiger partial charge in [-0.25, -0.2) is 0 Å². The van der Waals surface area contributed by atoms with Gasteiger partial charge in [0, 0.05) is 26.9 Å². The normalized spacial score (nSPS) is 9.00. The van der Waals surface area contributed by atoms with Crippen molar-refractivity contribution >= 4 is 47.8 Å². The summed E-state index contributed by atoms with van der Waals surface area (Å²) in [5, 5.41) is 9.22. The Labute approximate surface area is 105 Å². The number of aromatic hydroxyl groups is 1. The fraction of sp³-hybridized carbons (Fsp3) is 0. The third-order valence-electron chi connectivity index (χ3n) is 0.982. The fourth-order valence-electron chi connectivity index (χ4n) is 0.535. The Morgan fingerprint density at radius 3 is 1.73 bits per heavy atom. The molecule has 0 aliphatic rings. The van der Waals surface area contributed by atoms with Crippen molar-refractivity contribution in [2.75, 3.05) is 0 Å². The number of hydrogen-bond donors (Lipinski definition) is 1. The third-order valence-corrected chi connectivity index (χ3v) is 2.65. The molecule has 1 radical (unpaired) electrons. The number of hydrogen-bond acceptors (Lipinski definition) is 1. The minimum Gasteiger partial charge on any atom is -0.506 e. The van der Waals surface area contributed by atoms with Gasteiger partial charge in [-0.1, -0.05) is 15.9 Å². The molecule has 0 saturated carbocycles. The molecule has 0 atom stereocenters. The first kappa shape index (κ1) is 12.2. The average molecular weight is 439 g/mol. The zero-order valence-electron chi connectivity index (χ0n) is 5.04. The molecular weight excluding hydrogens is 436 g/mol. The molecule has 0 heterocycles. The van der Waals surface area contributed by atoms with Crippen LogP contribution >= 0.6 is 47.8 Å². The van der Waals surface area contributed by atoms with E-state index in [2.05, 4.69) is 47.8 Å². The first-order valence-electron chi connectivity index (χ1n) is 2.45. The quantitative estimate of drug-likeness (QED) is 0.613. The van der Waals surface area contributed by atoms with Crippen LogP contribution in [0, 0.1) is 0 Å². The number of rotatable bonds is 0. The molecule has 0 unspecified atom stereocenters. The van der Waals surface area contributed by atoms with Gasteiger partial charge in [0.2, 0.25) is 0 Å². The molecule has 1 aromatic carbocycles. The van der Waals surface area contributed by atoms with Crippen LogP contribution in [-0.4, -0.2) is 5.11 Å². The average Bonchev–Trinajstić information content (AvgIpc) is 1.82. The van der Waals surface area contributed by atoms with Gasteiger partial charge in [0.25, 0.3) is 0 Å².